The molecule has 2 rings (SSSR count). The molecule has 0 aromatic heterocycles. The SMILES string of the molecule is CC(=O)Nc1ccc(NC(=O)CN[C@H](C)c2ccc(Cl)cc2)cc1. The number of amides is 2. The van der Waals surface area contributed by atoms with Crippen molar-refractivity contribution in [3.8, 4) is 0 Å². The summed E-state index contributed by atoms with van der Waals surface area (Å²) in [5.41, 5.74) is 2.43. The fraction of sp³-hybridized carbons (Fsp3) is 0.222. The smallest absolute Gasteiger partial charge is 0.238 e. The van der Waals surface area contributed by atoms with Crippen LogP contribution in [-0.2, 0) is 9.59 Å². The van der Waals surface area contributed by atoms with E-state index >= 15 is 0 Å². The van der Waals surface area contributed by atoms with E-state index in [-0.39, 0.29) is 24.4 Å². The van der Waals surface area contributed by atoms with Crippen molar-refractivity contribution in [2.24, 2.45) is 0 Å². The van der Waals surface area contributed by atoms with Gasteiger partial charge in [0.1, 0.15) is 0 Å². The number of halogens is 1. The van der Waals surface area contributed by atoms with E-state index in [9.17, 15) is 9.59 Å². The van der Waals surface area contributed by atoms with Crippen LogP contribution in [0.25, 0.3) is 0 Å². The van der Waals surface area contributed by atoms with Crippen LogP contribution in [0.2, 0.25) is 5.02 Å². The van der Waals surface area contributed by atoms with Crippen molar-refractivity contribution in [3.05, 3.63) is 59.1 Å². The molecule has 0 aliphatic heterocycles. The highest BCUT2D eigenvalue weighted by Crippen LogP contribution is 2.16. The van der Waals surface area contributed by atoms with Crippen LogP contribution in [0.3, 0.4) is 0 Å². The first kappa shape index (κ1) is 18.0. The summed E-state index contributed by atoms with van der Waals surface area (Å²) in [6.45, 7) is 3.62. The summed E-state index contributed by atoms with van der Waals surface area (Å²) in [6, 6.07) is 14.5. The van der Waals surface area contributed by atoms with Crippen molar-refractivity contribution in [2.75, 3.05) is 17.2 Å². The minimum Gasteiger partial charge on any atom is -0.326 e. The third kappa shape index (κ3) is 5.68. The summed E-state index contributed by atoms with van der Waals surface area (Å²) >= 11 is 5.87. The van der Waals surface area contributed by atoms with Gasteiger partial charge in [-0.15, -0.1) is 0 Å². The maximum absolute atomic E-state index is 12.0. The van der Waals surface area contributed by atoms with Crippen LogP contribution in [0.4, 0.5) is 11.4 Å². The lowest BCUT2D eigenvalue weighted by Crippen LogP contribution is -2.30. The summed E-state index contributed by atoms with van der Waals surface area (Å²) in [7, 11) is 0. The van der Waals surface area contributed by atoms with Crippen molar-refractivity contribution in [2.45, 2.75) is 19.9 Å². The average Bonchev–Trinajstić information content (AvgIpc) is 2.54. The molecule has 0 spiro atoms. The summed E-state index contributed by atoms with van der Waals surface area (Å²) < 4.78 is 0. The minimum atomic E-state index is -0.136. The Hall–Kier alpha value is -2.37. The Kier molecular flexibility index (Phi) is 6.35. The molecule has 0 fully saturated rings. The molecule has 6 heteroatoms. The highest BCUT2D eigenvalue weighted by molar-refractivity contribution is 6.30. The first-order valence-electron chi connectivity index (χ1n) is 7.60. The van der Waals surface area contributed by atoms with Crippen LogP contribution in [-0.4, -0.2) is 18.4 Å². The van der Waals surface area contributed by atoms with Gasteiger partial charge in [0.25, 0.3) is 0 Å². The quantitative estimate of drug-likeness (QED) is 0.749. The topological polar surface area (TPSA) is 70.2 Å². The molecular weight excluding hydrogens is 326 g/mol. The van der Waals surface area contributed by atoms with Gasteiger partial charge in [-0.25, -0.2) is 0 Å². The molecule has 2 aromatic carbocycles. The molecule has 0 saturated heterocycles. The molecule has 3 N–H and O–H groups in total. The first-order chi connectivity index (χ1) is 11.4. The Labute approximate surface area is 146 Å². The molecule has 5 nitrogen and oxygen atoms in total. The van der Waals surface area contributed by atoms with Crippen molar-refractivity contribution in [3.63, 3.8) is 0 Å². The fourth-order valence-corrected chi connectivity index (χ4v) is 2.29. The van der Waals surface area contributed by atoms with Crippen molar-refractivity contribution in [1.29, 1.82) is 0 Å². The highest BCUT2D eigenvalue weighted by atomic mass is 35.5. The summed E-state index contributed by atoms with van der Waals surface area (Å²) in [4.78, 5) is 23.0. The van der Waals surface area contributed by atoms with Gasteiger partial charge in [-0.2, -0.15) is 0 Å². The van der Waals surface area contributed by atoms with Gasteiger partial charge in [0.15, 0.2) is 0 Å². The largest absolute Gasteiger partial charge is 0.326 e. The Morgan fingerprint density at radius 3 is 2.04 bits per heavy atom. The Morgan fingerprint density at radius 1 is 0.958 bits per heavy atom. The third-order valence-corrected chi connectivity index (χ3v) is 3.68. The van der Waals surface area contributed by atoms with Gasteiger partial charge < -0.3 is 16.0 Å². The lowest BCUT2D eigenvalue weighted by atomic mass is 10.1. The molecular formula is C18H20ClN3O2. The molecule has 0 aliphatic carbocycles. The lowest BCUT2D eigenvalue weighted by Gasteiger charge is -2.14. The number of rotatable bonds is 6. The number of anilines is 2. The van der Waals surface area contributed by atoms with E-state index in [0.717, 1.165) is 5.56 Å². The molecule has 0 radical (unpaired) electrons. The summed E-state index contributed by atoms with van der Waals surface area (Å²) in [6.07, 6.45) is 0. The van der Waals surface area contributed by atoms with Gasteiger partial charge in [0.2, 0.25) is 11.8 Å². The Balaban J connectivity index is 1.82. The van der Waals surface area contributed by atoms with E-state index in [1.807, 2.05) is 31.2 Å². The molecule has 0 saturated carbocycles. The lowest BCUT2D eigenvalue weighted by molar-refractivity contribution is -0.115. The summed E-state index contributed by atoms with van der Waals surface area (Å²) in [5.74, 6) is -0.268. The molecule has 0 bridgehead atoms. The molecule has 0 aliphatic rings. The molecule has 24 heavy (non-hydrogen) atoms. The Morgan fingerprint density at radius 2 is 1.50 bits per heavy atom. The van der Waals surface area contributed by atoms with Crippen LogP contribution in [0.5, 0.6) is 0 Å². The second kappa shape index (κ2) is 8.47. The molecule has 1 atom stereocenters. The van der Waals surface area contributed by atoms with Crippen molar-refractivity contribution in [1.82, 2.24) is 5.32 Å². The van der Waals surface area contributed by atoms with E-state index in [1.165, 1.54) is 6.92 Å². The van der Waals surface area contributed by atoms with Gasteiger partial charge in [0.05, 0.1) is 6.54 Å². The van der Waals surface area contributed by atoms with Crippen LogP contribution in [0, 0.1) is 0 Å². The van der Waals surface area contributed by atoms with Gasteiger partial charge >= 0.3 is 0 Å². The van der Waals surface area contributed by atoms with Crippen molar-refractivity contribution >= 4 is 34.8 Å². The van der Waals surface area contributed by atoms with Crippen LogP contribution >= 0.6 is 11.6 Å². The Bertz CT molecular complexity index is 699. The maximum Gasteiger partial charge on any atom is 0.238 e. The number of benzene rings is 2. The number of hydrogen-bond donors (Lipinski definition) is 3. The monoisotopic (exact) mass is 345 g/mol. The van der Waals surface area contributed by atoms with Crippen LogP contribution < -0.4 is 16.0 Å². The molecule has 2 amide bonds. The van der Waals surface area contributed by atoms with E-state index in [4.69, 9.17) is 11.6 Å². The van der Waals surface area contributed by atoms with E-state index in [1.54, 1.807) is 24.3 Å². The predicted octanol–water partition coefficient (Wildman–Crippen LogP) is 3.59. The number of hydrogen-bond acceptors (Lipinski definition) is 3. The zero-order valence-electron chi connectivity index (χ0n) is 13.6. The number of carbonyl (C=O) groups excluding carboxylic acids is 2. The predicted molar refractivity (Wildman–Crippen MR) is 97.2 cm³/mol. The van der Waals surface area contributed by atoms with Gasteiger partial charge in [-0.3, -0.25) is 9.59 Å². The number of nitrogens with one attached hydrogen (secondary N) is 3. The van der Waals surface area contributed by atoms with Gasteiger partial charge in [-0.1, -0.05) is 23.7 Å². The molecule has 126 valence electrons. The van der Waals surface area contributed by atoms with Gasteiger partial charge in [0, 0.05) is 29.4 Å². The first-order valence-corrected chi connectivity index (χ1v) is 7.98. The third-order valence-electron chi connectivity index (χ3n) is 3.43. The zero-order chi connectivity index (χ0) is 17.5. The summed E-state index contributed by atoms with van der Waals surface area (Å²) in [5, 5.41) is 9.33. The van der Waals surface area contributed by atoms with Gasteiger partial charge in [-0.05, 0) is 48.9 Å². The minimum absolute atomic E-state index is 0.0372. The second-order valence-corrected chi connectivity index (χ2v) is 5.90. The molecule has 0 heterocycles. The van der Waals surface area contributed by atoms with Crippen LogP contribution in [0.15, 0.2) is 48.5 Å². The van der Waals surface area contributed by atoms with Crippen molar-refractivity contribution < 1.29 is 9.59 Å². The molecule has 2 aromatic rings. The standard InChI is InChI=1S/C18H20ClN3O2/c1-12(14-3-5-15(19)6-4-14)20-11-18(24)22-17-9-7-16(8-10-17)21-13(2)23/h3-10,12,20H,11H2,1-2H3,(H,21,23)(H,22,24)/t12-/m1/s1. The van der Waals surface area contributed by atoms with E-state index < -0.39 is 0 Å². The van der Waals surface area contributed by atoms with E-state index in [0.29, 0.717) is 16.4 Å². The molecule has 0 unspecified atom stereocenters. The van der Waals surface area contributed by atoms with Crippen LogP contribution in [0.1, 0.15) is 25.5 Å². The maximum atomic E-state index is 12.0. The normalized spacial score (nSPS) is 11.6. The zero-order valence-corrected chi connectivity index (χ0v) is 14.4. The highest BCUT2D eigenvalue weighted by Gasteiger charge is 2.08. The average molecular weight is 346 g/mol. The fourth-order valence-electron chi connectivity index (χ4n) is 2.16. The number of carbonyl (C=O) groups is 2. The second-order valence-electron chi connectivity index (χ2n) is 5.46. The van der Waals surface area contributed by atoms with E-state index in [2.05, 4.69) is 16.0 Å².